The molecule has 3 saturated heterocycles. The van der Waals surface area contributed by atoms with Gasteiger partial charge in [-0.1, -0.05) is 122 Å². The minimum Gasteiger partial charge on any atom is -0.394 e. The molecule has 19 nitrogen and oxygen atoms in total. The summed E-state index contributed by atoms with van der Waals surface area (Å²) in [6, 6.07) is -0.971. The number of aliphatic hydroxyl groups is 11. The Labute approximate surface area is 397 Å². The van der Waals surface area contributed by atoms with Gasteiger partial charge in [-0.2, -0.15) is 0 Å². The van der Waals surface area contributed by atoms with E-state index in [9.17, 15) is 61.0 Å². The zero-order chi connectivity index (χ0) is 49.1. The fraction of sp³-hybridized carbons (Fsp3) is 0.896. The smallest absolute Gasteiger partial charge is 0.220 e. The zero-order valence-electron chi connectivity index (χ0n) is 39.9. The standard InChI is InChI=1S/C48H87NO18/c1-3-5-7-9-11-13-15-16-17-19-21-23-25-32(53)31(49-36(54)26-24-22-20-18-14-12-10-8-6-4-2)30-62-46-42(60)39(57)44(34(28-51)64-46)67-48-43(61)40(58)45(35(29-52)65-48)66-47-41(59)38(56)37(55)33(27-50)63-47/h8,10,23,25,31-35,37-48,50-53,55-61H,3-7,9,11-22,24,26-30H2,1-2H3,(H,49,54)/b10-8-,25-23+. The Kier molecular flexibility index (Phi) is 30.0. The van der Waals surface area contributed by atoms with Crippen molar-refractivity contribution < 1.29 is 89.4 Å². The fourth-order valence-corrected chi connectivity index (χ4v) is 8.48. The molecule has 3 heterocycles. The number of nitrogens with one attached hydrogen (secondary N) is 1. The quantitative estimate of drug-likeness (QED) is 0.0319. The summed E-state index contributed by atoms with van der Waals surface area (Å²) in [5.41, 5.74) is 0. The number of unbranched alkanes of at least 4 members (excludes halogenated alkanes) is 16. The van der Waals surface area contributed by atoms with Gasteiger partial charge in [0.25, 0.3) is 0 Å². The molecule has 0 aromatic heterocycles. The highest BCUT2D eigenvalue weighted by molar-refractivity contribution is 5.76. The van der Waals surface area contributed by atoms with Crippen LogP contribution in [0, 0.1) is 0 Å². The molecule has 67 heavy (non-hydrogen) atoms. The number of rotatable bonds is 34. The molecule has 3 aliphatic rings. The lowest BCUT2D eigenvalue weighted by Gasteiger charge is -2.48. The van der Waals surface area contributed by atoms with Crippen molar-refractivity contribution in [2.24, 2.45) is 0 Å². The molecule has 0 aromatic carbocycles. The molecular weight excluding hydrogens is 879 g/mol. The number of carbonyl (C=O) groups excluding carboxylic acids is 1. The van der Waals surface area contributed by atoms with E-state index in [0.29, 0.717) is 6.42 Å². The van der Waals surface area contributed by atoms with E-state index in [0.717, 1.165) is 70.6 Å². The van der Waals surface area contributed by atoms with Gasteiger partial charge in [0.1, 0.15) is 73.2 Å². The molecule has 17 atom stereocenters. The average molecular weight is 966 g/mol. The second kappa shape index (κ2) is 33.8. The van der Waals surface area contributed by atoms with E-state index in [1.54, 1.807) is 6.08 Å². The summed E-state index contributed by atoms with van der Waals surface area (Å²) < 4.78 is 34.0. The number of hydrogen-bond donors (Lipinski definition) is 12. The summed E-state index contributed by atoms with van der Waals surface area (Å²) in [4.78, 5) is 13.1. The van der Waals surface area contributed by atoms with Crippen molar-refractivity contribution in [1.29, 1.82) is 0 Å². The minimum atomic E-state index is -1.97. The highest BCUT2D eigenvalue weighted by Crippen LogP contribution is 2.33. The highest BCUT2D eigenvalue weighted by Gasteiger charge is 2.53. The van der Waals surface area contributed by atoms with Gasteiger partial charge in [0.05, 0.1) is 38.6 Å². The number of hydrogen-bond acceptors (Lipinski definition) is 18. The normalized spacial score (nSPS) is 33.7. The van der Waals surface area contributed by atoms with Crippen molar-refractivity contribution in [3.8, 4) is 0 Å². The van der Waals surface area contributed by atoms with Crippen molar-refractivity contribution in [3.05, 3.63) is 24.3 Å². The summed E-state index contributed by atoms with van der Waals surface area (Å²) >= 11 is 0. The van der Waals surface area contributed by atoms with Gasteiger partial charge >= 0.3 is 0 Å². The van der Waals surface area contributed by atoms with Gasteiger partial charge in [0.15, 0.2) is 18.9 Å². The van der Waals surface area contributed by atoms with Crippen LogP contribution in [0.4, 0.5) is 0 Å². The maximum Gasteiger partial charge on any atom is 0.220 e. The lowest BCUT2D eigenvalue weighted by molar-refractivity contribution is -0.379. The number of amides is 1. The Hall–Kier alpha value is -1.73. The third-order valence-electron chi connectivity index (χ3n) is 12.7. The van der Waals surface area contributed by atoms with Crippen LogP contribution in [-0.2, 0) is 33.2 Å². The van der Waals surface area contributed by atoms with E-state index in [1.165, 1.54) is 44.9 Å². The first-order chi connectivity index (χ1) is 32.3. The lowest BCUT2D eigenvalue weighted by Crippen LogP contribution is -2.66. The molecule has 3 aliphatic heterocycles. The molecule has 0 saturated carbocycles. The second-order valence-corrected chi connectivity index (χ2v) is 18.3. The molecular formula is C48H87NO18. The Morgan fingerprint density at radius 1 is 0.522 bits per heavy atom. The Balaban J connectivity index is 1.58. The van der Waals surface area contributed by atoms with Gasteiger partial charge in [-0.3, -0.25) is 4.79 Å². The van der Waals surface area contributed by atoms with Crippen LogP contribution in [0.2, 0.25) is 0 Å². The molecule has 17 unspecified atom stereocenters. The van der Waals surface area contributed by atoms with Crippen molar-refractivity contribution >= 4 is 5.91 Å². The van der Waals surface area contributed by atoms with Crippen LogP contribution < -0.4 is 5.32 Å². The highest BCUT2D eigenvalue weighted by atomic mass is 16.8. The predicted octanol–water partition coefficient (Wildman–Crippen LogP) is 1.25. The summed E-state index contributed by atoms with van der Waals surface area (Å²) in [6.45, 7) is 1.59. The van der Waals surface area contributed by atoms with Crippen molar-refractivity contribution in [3.63, 3.8) is 0 Å². The third kappa shape index (κ3) is 20.1. The number of aliphatic hydroxyl groups excluding tert-OH is 11. The predicted molar refractivity (Wildman–Crippen MR) is 245 cm³/mol. The van der Waals surface area contributed by atoms with E-state index >= 15 is 0 Å². The molecule has 19 heteroatoms. The van der Waals surface area contributed by atoms with Gasteiger partial charge in [0, 0.05) is 6.42 Å². The summed E-state index contributed by atoms with van der Waals surface area (Å²) in [7, 11) is 0. The largest absolute Gasteiger partial charge is 0.394 e. The van der Waals surface area contributed by atoms with Crippen LogP contribution in [0.15, 0.2) is 24.3 Å². The van der Waals surface area contributed by atoms with E-state index < -0.39 is 124 Å². The van der Waals surface area contributed by atoms with Gasteiger partial charge in [-0.05, 0) is 38.5 Å². The number of ether oxygens (including phenoxy) is 6. The Morgan fingerprint density at radius 3 is 1.51 bits per heavy atom. The molecule has 0 aliphatic carbocycles. The molecule has 392 valence electrons. The molecule has 1 amide bonds. The van der Waals surface area contributed by atoms with Gasteiger partial charge in [0.2, 0.25) is 5.91 Å². The van der Waals surface area contributed by atoms with Crippen LogP contribution >= 0.6 is 0 Å². The average Bonchev–Trinajstić information content (AvgIpc) is 3.32. The fourth-order valence-electron chi connectivity index (χ4n) is 8.48. The maximum absolute atomic E-state index is 13.1. The molecule has 0 bridgehead atoms. The van der Waals surface area contributed by atoms with E-state index in [-0.39, 0.29) is 18.9 Å². The summed E-state index contributed by atoms with van der Waals surface area (Å²) in [5.74, 6) is -0.291. The van der Waals surface area contributed by atoms with Crippen LogP contribution in [0.3, 0.4) is 0 Å². The number of carbonyl (C=O) groups is 1. The van der Waals surface area contributed by atoms with Crippen molar-refractivity contribution in [2.45, 2.75) is 247 Å². The topological polar surface area (TPSA) is 307 Å². The second-order valence-electron chi connectivity index (χ2n) is 18.3. The molecule has 12 N–H and O–H groups in total. The van der Waals surface area contributed by atoms with Crippen LogP contribution in [0.25, 0.3) is 0 Å². The maximum atomic E-state index is 13.1. The van der Waals surface area contributed by atoms with E-state index in [4.69, 9.17) is 28.4 Å². The van der Waals surface area contributed by atoms with Gasteiger partial charge in [-0.15, -0.1) is 0 Å². The SMILES string of the molecule is CCC/C=C\CCCCCCCC(=O)NC(COC1OC(CO)C(OC2OC(CO)C(OC3OC(CO)C(O)C(O)C3O)C(O)C2O)C(O)C1O)C(O)/C=C/CCCCCCCCCCCC. The minimum absolute atomic E-state index is 0.233. The van der Waals surface area contributed by atoms with Gasteiger partial charge in [-0.25, -0.2) is 0 Å². The van der Waals surface area contributed by atoms with Crippen LogP contribution in [0.5, 0.6) is 0 Å². The first kappa shape index (κ1) is 59.6. The third-order valence-corrected chi connectivity index (χ3v) is 12.7. The van der Waals surface area contributed by atoms with Gasteiger partial charge < -0.3 is 89.9 Å². The first-order valence-corrected chi connectivity index (χ1v) is 25.1. The Bertz CT molecular complexity index is 1340. The lowest BCUT2D eigenvalue weighted by atomic mass is 9.96. The Morgan fingerprint density at radius 2 is 0.970 bits per heavy atom. The molecule has 0 spiro atoms. The van der Waals surface area contributed by atoms with E-state index in [1.807, 2.05) is 6.08 Å². The van der Waals surface area contributed by atoms with Crippen LogP contribution in [-0.4, -0.2) is 193 Å². The molecule has 3 fully saturated rings. The summed E-state index contributed by atoms with van der Waals surface area (Å²) in [6.07, 6.45) is 1.99. The van der Waals surface area contributed by atoms with Crippen molar-refractivity contribution in [2.75, 3.05) is 26.4 Å². The van der Waals surface area contributed by atoms with E-state index in [2.05, 4.69) is 31.3 Å². The zero-order valence-corrected chi connectivity index (χ0v) is 39.9. The molecule has 3 rings (SSSR count). The first-order valence-electron chi connectivity index (χ1n) is 25.1. The molecule has 0 radical (unpaired) electrons. The number of allylic oxidation sites excluding steroid dienone is 3. The van der Waals surface area contributed by atoms with Crippen LogP contribution in [0.1, 0.15) is 142 Å². The molecule has 0 aromatic rings. The summed E-state index contributed by atoms with van der Waals surface area (Å²) in [5, 5.41) is 119. The van der Waals surface area contributed by atoms with Crippen molar-refractivity contribution in [1.82, 2.24) is 5.32 Å². The monoisotopic (exact) mass is 966 g/mol.